The Labute approximate surface area is 105 Å². The number of carbonyl (C=O) groups excluding carboxylic acids is 2. The minimum absolute atomic E-state index is 0.117. The second-order valence-corrected chi connectivity index (χ2v) is 3.57. The summed E-state index contributed by atoms with van der Waals surface area (Å²) in [6, 6.07) is 6.78. The van der Waals surface area contributed by atoms with Gasteiger partial charge >= 0.3 is 6.03 Å². The van der Waals surface area contributed by atoms with Crippen molar-refractivity contribution in [3.05, 3.63) is 29.8 Å². The van der Waals surface area contributed by atoms with Gasteiger partial charge in [0, 0.05) is 13.6 Å². The Morgan fingerprint density at radius 3 is 2.50 bits per heavy atom. The molecule has 0 spiro atoms. The molecule has 6 heteroatoms. The highest BCUT2D eigenvalue weighted by Gasteiger charge is 2.05. The summed E-state index contributed by atoms with van der Waals surface area (Å²) in [5, 5.41) is 4.44. The van der Waals surface area contributed by atoms with E-state index in [-0.39, 0.29) is 18.9 Å². The summed E-state index contributed by atoms with van der Waals surface area (Å²) in [4.78, 5) is 22.1. The largest absolute Gasteiger partial charge is 0.493 e. The lowest BCUT2D eigenvalue weighted by Gasteiger charge is -2.07. The topological polar surface area (TPSA) is 93.5 Å². The number of nitrogens with one attached hydrogen (secondary N) is 2. The van der Waals surface area contributed by atoms with Crippen LogP contribution in [0.1, 0.15) is 12.0 Å². The summed E-state index contributed by atoms with van der Waals surface area (Å²) in [5.74, 6) is 0.285. The van der Waals surface area contributed by atoms with Crippen LogP contribution in [-0.4, -0.2) is 25.6 Å². The number of hydrogen-bond donors (Lipinski definition) is 3. The third kappa shape index (κ3) is 4.84. The number of carbonyl (C=O) groups is 2. The quantitative estimate of drug-likeness (QED) is 0.704. The molecule has 1 aromatic rings. The van der Waals surface area contributed by atoms with Crippen LogP contribution >= 0.6 is 0 Å². The second-order valence-electron chi connectivity index (χ2n) is 3.57. The number of urea groups is 1. The minimum Gasteiger partial charge on any atom is -0.493 e. The van der Waals surface area contributed by atoms with Crippen molar-refractivity contribution in [2.75, 3.05) is 13.7 Å². The standard InChI is InChI=1S/C12H17N3O3/c1-14-12(17)15-11(16)6-7-18-10-4-2-9(8-13)3-5-10/h2-5H,6-8,13H2,1H3,(H2,14,15,16,17). The van der Waals surface area contributed by atoms with E-state index in [2.05, 4.69) is 10.6 Å². The molecule has 0 aliphatic rings. The Bertz CT molecular complexity index is 404. The van der Waals surface area contributed by atoms with Crippen LogP contribution in [0.5, 0.6) is 5.75 Å². The molecule has 1 aromatic carbocycles. The first-order valence-corrected chi connectivity index (χ1v) is 5.59. The van der Waals surface area contributed by atoms with Gasteiger partial charge in [-0.1, -0.05) is 12.1 Å². The van der Waals surface area contributed by atoms with Crippen molar-refractivity contribution >= 4 is 11.9 Å². The Kier molecular flexibility index (Phi) is 5.66. The lowest BCUT2D eigenvalue weighted by atomic mass is 10.2. The van der Waals surface area contributed by atoms with Crippen molar-refractivity contribution in [1.29, 1.82) is 0 Å². The van der Waals surface area contributed by atoms with Crippen LogP contribution in [-0.2, 0) is 11.3 Å². The zero-order valence-corrected chi connectivity index (χ0v) is 10.2. The monoisotopic (exact) mass is 251 g/mol. The van der Waals surface area contributed by atoms with E-state index in [1.807, 2.05) is 12.1 Å². The van der Waals surface area contributed by atoms with E-state index in [9.17, 15) is 9.59 Å². The Balaban J connectivity index is 2.28. The predicted molar refractivity (Wildman–Crippen MR) is 67.0 cm³/mol. The summed E-state index contributed by atoms with van der Waals surface area (Å²) >= 11 is 0. The third-order valence-corrected chi connectivity index (χ3v) is 2.24. The van der Waals surface area contributed by atoms with Gasteiger partial charge in [0.25, 0.3) is 0 Å². The van der Waals surface area contributed by atoms with Crippen LogP contribution in [0.3, 0.4) is 0 Å². The first-order chi connectivity index (χ1) is 8.65. The van der Waals surface area contributed by atoms with Gasteiger partial charge < -0.3 is 15.8 Å². The van der Waals surface area contributed by atoms with Crippen molar-refractivity contribution in [2.24, 2.45) is 5.73 Å². The van der Waals surface area contributed by atoms with Crippen LogP contribution in [0.15, 0.2) is 24.3 Å². The van der Waals surface area contributed by atoms with E-state index in [4.69, 9.17) is 10.5 Å². The molecule has 6 nitrogen and oxygen atoms in total. The van der Waals surface area contributed by atoms with Crippen LogP contribution in [0, 0.1) is 0 Å². The zero-order valence-electron chi connectivity index (χ0n) is 10.2. The van der Waals surface area contributed by atoms with Crippen molar-refractivity contribution in [2.45, 2.75) is 13.0 Å². The molecule has 98 valence electrons. The molecule has 0 aliphatic carbocycles. The van der Waals surface area contributed by atoms with E-state index < -0.39 is 6.03 Å². The second kappa shape index (κ2) is 7.29. The van der Waals surface area contributed by atoms with Gasteiger partial charge in [-0.2, -0.15) is 0 Å². The number of ether oxygens (including phenoxy) is 1. The van der Waals surface area contributed by atoms with E-state index in [1.54, 1.807) is 12.1 Å². The molecule has 3 amide bonds. The van der Waals surface area contributed by atoms with Gasteiger partial charge in [0.15, 0.2) is 0 Å². The maximum absolute atomic E-state index is 11.2. The van der Waals surface area contributed by atoms with Crippen molar-refractivity contribution in [1.82, 2.24) is 10.6 Å². The maximum atomic E-state index is 11.2. The highest BCUT2D eigenvalue weighted by molar-refractivity contribution is 5.94. The fraction of sp³-hybridized carbons (Fsp3) is 0.333. The van der Waals surface area contributed by atoms with Gasteiger partial charge in [0.1, 0.15) is 5.75 Å². The Hall–Kier alpha value is -2.08. The number of imide groups is 1. The first kappa shape index (κ1) is 14.0. The number of benzene rings is 1. The van der Waals surface area contributed by atoms with Gasteiger partial charge in [-0.25, -0.2) is 4.79 Å². The fourth-order valence-corrected chi connectivity index (χ4v) is 1.23. The van der Waals surface area contributed by atoms with E-state index in [0.717, 1.165) is 5.56 Å². The van der Waals surface area contributed by atoms with Gasteiger partial charge in [-0.05, 0) is 17.7 Å². The Morgan fingerprint density at radius 2 is 1.94 bits per heavy atom. The van der Waals surface area contributed by atoms with Crippen LogP contribution in [0.4, 0.5) is 4.79 Å². The van der Waals surface area contributed by atoms with Crippen LogP contribution in [0.2, 0.25) is 0 Å². The number of rotatable bonds is 5. The van der Waals surface area contributed by atoms with Gasteiger partial charge in [-0.15, -0.1) is 0 Å². The molecular formula is C12H17N3O3. The number of amides is 3. The average molecular weight is 251 g/mol. The molecule has 0 unspecified atom stereocenters. The molecule has 0 aliphatic heterocycles. The van der Waals surface area contributed by atoms with Crippen LogP contribution < -0.4 is 21.1 Å². The summed E-state index contributed by atoms with van der Waals surface area (Å²) in [6.45, 7) is 0.694. The molecule has 4 N–H and O–H groups in total. The molecule has 0 radical (unpaired) electrons. The average Bonchev–Trinajstić information content (AvgIpc) is 2.39. The van der Waals surface area contributed by atoms with Crippen molar-refractivity contribution < 1.29 is 14.3 Å². The Morgan fingerprint density at radius 1 is 1.28 bits per heavy atom. The fourth-order valence-electron chi connectivity index (χ4n) is 1.23. The molecule has 0 bridgehead atoms. The number of nitrogens with two attached hydrogens (primary N) is 1. The highest BCUT2D eigenvalue weighted by atomic mass is 16.5. The zero-order chi connectivity index (χ0) is 13.4. The van der Waals surface area contributed by atoms with Crippen LogP contribution in [0.25, 0.3) is 0 Å². The highest BCUT2D eigenvalue weighted by Crippen LogP contribution is 2.11. The molecule has 1 rings (SSSR count). The van der Waals surface area contributed by atoms with E-state index in [1.165, 1.54) is 7.05 Å². The maximum Gasteiger partial charge on any atom is 0.321 e. The molecule has 0 aromatic heterocycles. The molecule has 0 fully saturated rings. The summed E-state index contributed by atoms with van der Waals surface area (Å²) < 4.78 is 5.36. The number of hydrogen-bond acceptors (Lipinski definition) is 4. The first-order valence-electron chi connectivity index (χ1n) is 5.59. The van der Waals surface area contributed by atoms with E-state index in [0.29, 0.717) is 12.3 Å². The van der Waals surface area contributed by atoms with E-state index >= 15 is 0 Å². The van der Waals surface area contributed by atoms with Gasteiger partial charge in [0.05, 0.1) is 13.0 Å². The summed E-state index contributed by atoms with van der Waals surface area (Å²) in [7, 11) is 1.44. The molecule has 0 saturated carbocycles. The molecular weight excluding hydrogens is 234 g/mol. The minimum atomic E-state index is -0.521. The third-order valence-electron chi connectivity index (χ3n) is 2.24. The normalized spacial score (nSPS) is 9.67. The molecule has 0 heterocycles. The SMILES string of the molecule is CNC(=O)NC(=O)CCOc1ccc(CN)cc1. The predicted octanol–water partition coefficient (Wildman–Crippen LogP) is 0.370. The molecule has 0 saturated heterocycles. The van der Waals surface area contributed by atoms with Gasteiger partial charge in [-0.3, -0.25) is 10.1 Å². The van der Waals surface area contributed by atoms with Gasteiger partial charge in [0.2, 0.25) is 5.91 Å². The molecule has 18 heavy (non-hydrogen) atoms. The van der Waals surface area contributed by atoms with Crippen molar-refractivity contribution in [3.63, 3.8) is 0 Å². The summed E-state index contributed by atoms with van der Waals surface area (Å²) in [6.07, 6.45) is 0.117. The molecule has 0 atom stereocenters. The summed E-state index contributed by atoms with van der Waals surface area (Å²) in [5.41, 5.74) is 6.48. The lowest BCUT2D eigenvalue weighted by Crippen LogP contribution is -2.37. The lowest BCUT2D eigenvalue weighted by molar-refractivity contribution is -0.120. The smallest absolute Gasteiger partial charge is 0.321 e. The van der Waals surface area contributed by atoms with Crippen molar-refractivity contribution in [3.8, 4) is 5.75 Å².